The Morgan fingerprint density at radius 3 is 2.33 bits per heavy atom. The van der Waals surface area contributed by atoms with Crippen molar-refractivity contribution in [2.45, 2.75) is 32.7 Å². The quantitative estimate of drug-likeness (QED) is 0.861. The first-order valence-corrected chi connectivity index (χ1v) is 6.33. The van der Waals surface area contributed by atoms with E-state index in [-0.39, 0.29) is 0 Å². The smallest absolute Gasteiger partial charge is 0.0175 e. The molecule has 0 aliphatic rings. The van der Waals surface area contributed by atoms with E-state index in [0.29, 0.717) is 6.04 Å². The third-order valence-corrected chi connectivity index (χ3v) is 3.27. The van der Waals surface area contributed by atoms with Crippen LogP contribution in [0, 0.1) is 5.92 Å². The van der Waals surface area contributed by atoms with Gasteiger partial charge in [-0.1, -0.05) is 35.0 Å². The summed E-state index contributed by atoms with van der Waals surface area (Å²) < 4.78 is 1.16. The van der Waals surface area contributed by atoms with E-state index < -0.39 is 0 Å². The van der Waals surface area contributed by atoms with Gasteiger partial charge in [0.2, 0.25) is 0 Å². The van der Waals surface area contributed by atoms with Crippen molar-refractivity contribution in [1.29, 1.82) is 0 Å². The molecule has 2 atom stereocenters. The molecule has 0 aliphatic heterocycles. The molecule has 1 aromatic rings. The highest BCUT2D eigenvalue weighted by Crippen LogP contribution is 2.16. The summed E-state index contributed by atoms with van der Waals surface area (Å²) in [6, 6.07) is 9.23. The topological polar surface area (TPSA) is 12.0 Å². The summed E-state index contributed by atoms with van der Waals surface area (Å²) in [5, 5.41) is 3.28. The molecule has 0 bridgehead atoms. The Balaban J connectivity index is 2.44. The largest absolute Gasteiger partial charge is 0.317 e. The Labute approximate surface area is 101 Å². The zero-order chi connectivity index (χ0) is 11.3. The fourth-order valence-corrected chi connectivity index (χ4v) is 2.09. The fraction of sp³-hybridized carbons (Fsp3) is 0.538. The van der Waals surface area contributed by atoms with Gasteiger partial charge < -0.3 is 5.32 Å². The van der Waals surface area contributed by atoms with Gasteiger partial charge in [0.25, 0.3) is 0 Å². The number of rotatable bonds is 5. The summed E-state index contributed by atoms with van der Waals surface area (Å²) in [6.07, 6.45) is 2.39. The molecule has 0 amide bonds. The minimum absolute atomic E-state index is 0.607. The van der Waals surface area contributed by atoms with E-state index in [1.54, 1.807) is 0 Å². The van der Waals surface area contributed by atoms with Crippen LogP contribution in [0.5, 0.6) is 0 Å². The molecule has 1 rings (SSSR count). The molecule has 0 saturated heterocycles. The molecule has 1 N–H and O–H groups in total. The van der Waals surface area contributed by atoms with Crippen LogP contribution < -0.4 is 5.32 Å². The molecule has 0 radical (unpaired) electrons. The van der Waals surface area contributed by atoms with Crippen LogP contribution in [0.15, 0.2) is 28.7 Å². The van der Waals surface area contributed by atoms with Gasteiger partial charge in [-0.2, -0.15) is 0 Å². The van der Waals surface area contributed by atoms with Crippen LogP contribution >= 0.6 is 15.9 Å². The fourth-order valence-electron chi connectivity index (χ4n) is 1.83. The predicted octanol–water partition coefficient (Wildman–Crippen LogP) is 3.63. The standard InChI is InChI=1S/C13H20BrN/c1-10(8-11(2)15-3)9-12-4-6-13(14)7-5-12/h4-7,10-11,15H,8-9H2,1-3H3. The lowest BCUT2D eigenvalue weighted by molar-refractivity contribution is 0.440. The van der Waals surface area contributed by atoms with Gasteiger partial charge in [0.1, 0.15) is 0 Å². The predicted molar refractivity (Wildman–Crippen MR) is 70.1 cm³/mol. The molecule has 0 fully saturated rings. The van der Waals surface area contributed by atoms with Crippen molar-refractivity contribution in [3.8, 4) is 0 Å². The second-order valence-electron chi connectivity index (χ2n) is 4.36. The van der Waals surface area contributed by atoms with Gasteiger partial charge in [-0.25, -0.2) is 0 Å². The number of hydrogen-bond acceptors (Lipinski definition) is 1. The lowest BCUT2D eigenvalue weighted by Gasteiger charge is -2.16. The first-order chi connectivity index (χ1) is 7.11. The zero-order valence-corrected chi connectivity index (χ0v) is 11.3. The Hall–Kier alpha value is -0.340. The van der Waals surface area contributed by atoms with Crippen LogP contribution in [0.4, 0.5) is 0 Å². The molecular formula is C13H20BrN. The third-order valence-electron chi connectivity index (χ3n) is 2.75. The van der Waals surface area contributed by atoms with Gasteiger partial charge in [-0.3, -0.25) is 0 Å². The van der Waals surface area contributed by atoms with Crippen molar-refractivity contribution >= 4 is 15.9 Å². The van der Waals surface area contributed by atoms with Crippen molar-refractivity contribution < 1.29 is 0 Å². The highest BCUT2D eigenvalue weighted by molar-refractivity contribution is 9.10. The van der Waals surface area contributed by atoms with E-state index in [0.717, 1.165) is 10.4 Å². The maximum absolute atomic E-state index is 3.45. The van der Waals surface area contributed by atoms with Crippen LogP contribution in [-0.4, -0.2) is 13.1 Å². The highest BCUT2D eigenvalue weighted by Gasteiger charge is 2.07. The van der Waals surface area contributed by atoms with Gasteiger partial charge in [0.15, 0.2) is 0 Å². The van der Waals surface area contributed by atoms with Gasteiger partial charge in [-0.15, -0.1) is 0 Å². The Morgan fingerprint density at radius 2 is 1.80 bits per heavy atom. The Morgan fingerprint density at radius 1 is 1.20 bits per heavy atom. The van der Waals surface area contributed by atoms with Crippen LogP contribution in [0.25, 0.3) is 0 Å². The summed E-state index contributed by atoms with van der Waals surface area (Å²) in [6.45, 7) is 4.55. The van der Waals surface area contributed by atoms with Gasteiger partial charge >= 0.3 is 0 Å². The van der Waals surface area contributed by atoms with Gasteiger partial charge in [0, 0.05) is 10.5 Å². The molecule has 84 valence electrons. The second kappa shape index (κ2) is 6.29. The minimum atomic E-state index is 0.607. The number of benzene rings is 1. The maximum atomic E-state index is 3.45. The number of nitrogens with one attached hydrogen (secondary N) is 1. The van der Waals surface area contributed by atoms with Crippen molar-refractivity contribution in [3.05, 3.63) is 34.3 Å². The van der Waals surface area contributed by atoms with Crippen LogP contribution in [0.2, 0.25) is 0 Å². The van der Waals surface area contributed by atoms with E-state index in [9.17, 15) is 0 Å². The van der Waals surface area contributed by atoms with Crippen molar-refractivity contribution in [2.24, 2.45) is 5.92 Å². The molecular weight excluding hydrogens is 250 g/mol. The summed E-state index contributed by atoms with van der Waals surface area (Å²) >= 11 is 3.45. The van der Waals surface area contributed by atoms with Gasteiger partial charge in [-0.05, 0) is 50.4 Å². The lowest BCUT2D eigenvalue weighted by atomic mass is 9.95. The molecule has 1 nitrogen and oxygen atoms in total. The normalized spacial score (nSPS) is 14.9. The first-order valence-electron chi connectivity index (χ1n) is 5.53. The molecule has 0 aromatic heterocycles. The molecule has 15 heavy (non-hydrogen) atoms. The maximum Gasteiger partial charge on any atom is 0.0175 e. The van der Waals surface area contributed by atoms with E-state index in [4.69, 9.17) is 0 Å². The van der Waals surface area contributed by atoms with Gasteiger partial charge in [0.05, 0.1) is 0 Å². The Bertz CT molecular complexity index is 281. The monoisotopic (exact) mass is 269 g/mol. The summed E-state index contributed by atoms with van der Waals surface area (Å²) in [5.41, 5.74) is 1.43. The van der Waals surface area contributed by atoms with E-state index in [2.05, 4.69) is 59.4 Å². The minimum Gasteiger partial charge on any atom is -0.317 e. The summed E-state index contributed by atoms with van der Waals surface area (Å²) in [4.78, 5) is 0. The summed E-state index contributed by atoms with van der Waals surface area (Å²) in [5.74, 6) is 0.730. The zero-order valence-electron chi connectivity index (χ0n) is 9.76. The number of halogens is 1. The van der Waals surface area contributed by atoms with Crippen molar-refractivity contribution in [2.75, 3.05) is 7.05 Å². The molecule has 0 aliphatic carbocycles. The first kappa shape index (κ1) is 12.7. The van der Waals surface area contributed by atoms with E-state index in [1.807, 2.05) is 7.05 Å². The highest BCUT2D eigenvalue weighted by atomic mass is 79.9. The van der Waals surface area contributed by atoms with E-state index >= 15 is 0 Å². The lowest BCUT2D eigenvalue weighted by Crippen LogP contribution is -2.24. The molecule has 0 saturated carbocycles. The SMILES string of the molecule is CNC(C)CC(C)Cc1ccc(Br)cc1. The molecule has 2 heteroatoms. The van der Waals surface area contributed by atoms with Crippen molar-refractivity contribution in [1.82, 2.24) is 5.32 Å². The van der Waals surface area contributed by atoms with Crippen molar-refractivity contribution in [3.63, 3.8) is 0 Å². The second-order valence-corrected chi connectivity index (χ2v) is 5.28. The Kier molecular flexibility index (Phi) is 5.34. The average molecular weight is 270 g/mol. The van der Waals surface area contributed by atoms with Crippen LogP contribution in [0.3, 0.4) is 0 Å². The number of hydrogen-bond donors (Lipinski definition) is 1. The average Bonchev–Trinajstić information content (AvgIpc) is 2.21. The third kappa shape index (κ3) is 4.80. The van der Waals surface area contributed by atoms with Crippen LogP contribution in [-0.2, 0) is 6.42 Å². The van der Waals surface area contributed by atoms with Crippen LogP contribution in [0.1, 0.15) is 25.8 Å². The molecule has 0 spiro atoms. The molecule has 2 unspecified atom stereocenters. The van der Waals surface area contributed by atoms with E-state index in [1.165, 1.54) is 18.4 Å². The molecule has 1 aromatic carbocycles. The summed E-state index contributed by atoms with van der Waals surface area (Å²) in [7, 11) is 2.02. The molecule has 0 heterocycles.